The minimum Gasteiger partial charge on any atom is -0.379 e. The van der Waals surface area contributed by atoms with Gasteiger partial charge in [-0.15, -0.1) is 0 Å². The van der Waals surface area contributed by atoms with E-state index in [0.717, 1.165) is 72.0 Å². The number of carbonyl (C=O) groups excluding carboxylic acids is 1. The zero-order chi connectivity index (χ0) is 26.0. The number of aryl methyl sites for hydroxylation is 1. The number of ether oxygens (including phenoxy) is 1. The van der Waals surface area contributed by atoms with Crippen LogP contribution in [0.4, 0.5) is 16.3 Å². The number of morpholine rings is 1. The van der Waals surface area contributed by atoms with Crippen molar-refractivity contribution in [3.63, 3.8) is 0 Å². The third-order valence-corrected chi connectivity index (χ3v) is 6.63. The first-order valence-electron chi connectivity index (χ1n) is 12.7. The van der Waals surface area contributed by atoms with Gasteiger partial charge in [0.05, 0.1) is 36.0 Å². The summed E-state index contributed by atoms with van der Waals surface area (Å²) in [6.07, 6.45) is 0. The zero-order valence-electron chi connectivity index (χ0n) is 21.9. The lowest BCUT2D eigenvalue weighted by atomic mass is 9.92. The van der Waals surface area contributed by atoms with Gasteiger partial charge in [0.25, 0.3) is 0 Å². The summed E-state index contributed by atoms with van der Waals surface area (Å²) in [7, 11) is 1.83. The number of rotatable bonds is 5. The number of fused-ring (bicyclic) bond motifs is 1. The van der Waals surface area contributed by atoms with Gasteiger partial charge in [0, 0.05) is 49.1 Å². The maximum Gasteiger partial charge on any atom is 0.324 e. The Morgan fingerprint density at radius 1 is 0.973 bits per heavy atom. The molecule has 0 aliphatic carbocycles. The van der Waals surface area contributed by atoms with Crippen LogP contribution in [0.2, 0.25) is 0 Å². The molecule has 2 aromatic carbocycles. The van der Waals surface area contributed by atoms with Crippen LogP contribution in [0.5, 0.6) is 0 Å². The molecular formula is C29H34N6O2. The Labute approximate surface area is 217 Å². The van der Waals surface area contributed by atoms with Crippen LogP contribution < -0.4 is 10.6 Å². The average molecular weight is 499 g/mol. The number of aromatic nitrogens is 3. The van der Waals surface area contributed by atoms with Crippen molar-refractivity contribution in [2.45, 2.75) is 32.7 Å². The first-order valence-corrected chi connectivity index (χ1v) is 12.7. The molecule has 37 heavy (non-hydrogen) atoms. The number of pyridine rings is 1. The van der Waals surface area contributed by atoms with Gasteiger partial charge < -0.3 is 10.1 Å². The average Bonchev–Trinajstić information content (AvgIpc) is 3.25. The number of urea groups is 1. The molecule has 0 atom stereocenters. The van der Waals surface area contributed by atoms with E-state index in [4.69, 9.17) is 9.72 Å². The van der Waals surface area contributed by atoms with Crippen molar-refractivity contribution < 1.29 is 9.53 Å². The van der Waals surface area contributed by atoms with E-state index < -0.39 is 0 Å². The van der Waals surface area contributed by atoms with Crippen molar-refractivity contribution in [1.29, 1.82) is 0 Å². The van der Waals surface area contributed by atoms with Gasteiger partial charge in [0.15, 0.2) is 0 Å². The van der Waals surface area contributed by atoms with Gasteiger partial charge in [-0.05, 0) is 23.6 Å². The second-order valence-electron chi connectivity index (χ2n) is 10.5. The van der Waals surface area contributed by atoms with Gasteiger partial charge in [-0.25, -0.2) is 4.79 Å². The smallest absolute Gasteiger partial charge is 0.324 e. The number of amides is 2. The SMILES string of the molecule is Cn1nc(C(C)(C)C)cc1NC(=O)Nc1ccc(-c2cccc(CN3CCOCC3)n2)c2ccccc12. The summed E-state index contributed by atoms with van der Waals surface area (Å²) in [5.41, 5.74) is 4.54. The second-order valence-corrected chi connectivity index (χ2v) is 10.5. The van der Waals surface area contributed by atoms with E-state index in [-0.39, 0.29) is 11.4 Å². The Morgan fingerprint density at radius 3 is 2.46 bits per heavy atom. The van der Waals surface area contributed by atoms with E-state index in [9.17, 15) is 4.79 Å². The molecule has 1 fully saturated rings. The van der Waals surface area contributed by atoms with Crippen LogP contribution in [-0.4, -0.2) is 52.0 Å². The first kappa shape index (κ1) is 24.9. The lowest BCUT2D eigenvalue weighted by Gasteiger charge is -2.26. The quantitative estimate of drug-likeness (QED) is 0.384. The van der Waals surface area contributed by atoms with Crippen LogP contribution in [0.25, 0.3) is 22.0 Å². The molecule has 2 aromatic heterocycles. The fourth-order valence-electron chi connectivity index (χ4n) is 4.56. The summed E-state index contributed by atoms with van der Waals surface area (Å²) in [6, 6.07) is 19.8. The van der Waals surface area contributed by atoms with E-state index in [2.05, 4.69) is 59.6 Å². The van der Waals surface area contributed by atoms with E-state index >= 15 is 0 Å². The molecule has 0 saturated carbocycles. The maximum atomic E-state index is 12.9. The Morgan fingerprint density at radius 2 is 1.73 bits per heavy atom. The maximum absolute atomic E-state index is 12.9. The van der Waals surface area contributed by atoms with Gasteiger partial charge in [0.1, 0.15) is 5.82 Å². The Bertz CT molecular complexity index is 1420. The molecule has 1 aliphatic rings. The summed E-state index contributed by atoms with van der Waals surface area (Å²) in [4.78, 5) is 20.3. The highest BCUT2D eigenvalue weighted by molar-refractivity contribution is 6.09. The van der Waals surface area contributed by atoms with Crippen molar-refractivity contribution in [1.82, 2.24) is 19.7 Å². The first-order chi connectivity index (χ1) is 17.8. The van der Waals surface area contributed by atoms with Crippen LogP contribution in [0.3, 0.4) is 0 Å². The molecule has 0 radical (unpaired) electrons. The molecule has 1 saturated heterocycles. The predicted molar refractivity (Wildman–Crippen MR) is 148 cm³/mol. The predicted octanol–water partition coefficient (Wildman–Crippen LogP) is 5.41. The monoisotopic (exact) mass is 498 g/mol. The molecular weight excluding hydrogens is 464 g/mol. The highest BCUT2D eigenvalue weighted by Gasteiger charge is 2.20. The molecule has 2 amide bonds. The Balaban J connectivity index is 1.38. The lowest BCUT2D eigenvalue weighted by molar-refractivity contribution is 0.0336. The normalized spacial score (nSPS) is 14.6. The molecule has 192 valence electrons. The van der Waals surface area contributed by atoms with Crippen molar-refractivity contribution in [3.8, 4) is 11.3 Å². The summed E-state index contributed by atoms with van der Waals surface area (Å²) >= 11 is 0. The second kappa shape index (κ2) is 10.3. The number of carbonyl (C=O) groups is 1. The van der Waals surface area contributed by atoms with Crippen LogP contribution in [0.1, 0.15) is 32.2 Å². The van der Waals surface area contributed by atoms with Crippen LogP contribution in [-0.2, 0) is 23.7 Å². The summed E-state index contributed by atoms with van der Waals surface area (Å²) in [5, 5.41) is 12.5. The van der Waals surface area contributed by atoms with Gasteiger partial charge >= 0.3 is 6.03 Å². The minimum absolute atomic E-state index is 0.103. The zero-order valence-corrected chi connectivity index (χ0v) is 21.9. The Kier molecular flexibility index (Phi) is 6.95. The summed E-state index contributed by atoms with van der Waals surface area (Å²) in [5.74, 6) is 0.643. The van der Waals surface area contributed by atoms with Gasteiger partial charge in [-0.2, -0.15) is 5.10 Å². The molecule has 2 N–H and O–H groups in total. The van der Waals surface area contributed by atoms with Crippen molar-refractivity contribution in [3.05, 3.63) is 72.1 Å². The van der Waals surface area contributed by atoms with Gasteiger partial charge in [-0.1, -0.05) is 57.2 Å². The number of benzene rings is 2. The van der Waals surface area contributed by atoms with Crippen LogP contribution in [0.15, 0.2) is 60.7 Å². The third kappa shape index (κ3) is 5.65. The Hall–Kier alpha value is -3.75. The van der Waals surface area contributed by atoms with Crippen LogP contribution in [0, 0.1) is 0 Å². The topological polar surface area (TPSA) is 84.3 Å². The van der Waals surface area contributed by atoms with Crippen molar-refractivity contribution in [2.24, 2.45) is 7.05 Å². The molecule has 5 rings (SSSR count). The number of hydrogen-bond acceptors (Lipinski definition) is 5. The molecule has 8 nitrogen and oxygen atoms in total. The van der Waals surface area contributed by atoms with E-state index in [0.29, 0.717) is 5.82 Å². The van der Waals surface area contributed by atoms with E-state index in [1.54, 1.807) is 4.68 Å². The van der Waals surface area contributed by atoms with E-state index in [1.165, 1.54) is 0 Å². The van der Waals surface area contributed by atoms with Gasteiger partial charge in [0.2, 0.25) is 0 Å². The number of anilines is 2. The summed E-state index contributed by atoms with van der Waals surface area (Å²) < 4.78 is 7.16. The van der Waals surface area contributed by atoms with E-state index in [1.807, 2.05) is 49.5 Å². The van der Waals surface area contributed by atoms with Crippen LogP contribution >= 0.6 is 0 Å². The highest BCUT2D eigenvalue weighted by atomic mass is 16.5. The lowest BCUT2D eigenvalue weighted by Crippen LogP contribution is -2.35. The molecule has 4 aromatic rings. The fourth-order valence-corrected chi connectivity index (χ4v) is 4.56. The molecule has 8 heteroatoms. The highest BCUT2D eigenvalue weighted by Crippen LogP contribution is 2.33. The standard InChI is InChI=1S/C29H34N6O2/c1-29(2,3)26-18-27(34(4)33-26)32-28(36)31-25-13-12-23(21-9-5-6-10-22(21)25)24-11-7-8-20(30-24)19-35-14-16-37-17-15-35/h5-13,18H,14-17,19H2,1-4H3,(H2,31,32,36). The molecule has 0 spiro atoms. The molecule has 0 bridgehead atoms. The number of hydrogen-bond donors (Lipinski definition) is 2. The molecule has 3 heterocycles. The summed E-state index contributed by atoms with van der Waals surface area (Å²) in [6.45, 7) is 10.5. The largest absolute Gasteiger partial charge is 0.379 e. The molecule has 1 aliphatic heterocycles. The minimum atomic E-state index is -0.313. The number of nitrogens with zero attached hydrogens (tertiary/aromatic N) is 4. The van der Waals surface area contributed by atoms with Gasteiger partial charge in [-0.3, -0.25) is 19.9 Å². The molecule has 0 unspecified atom stereocenters. The third-order valence-electron chi connectivity index (χ3n) is 6.63. The fraction of sp³-hybridized carbons (Fsp3) is 0.345. The van der Waals surface area contributed by atoms with Crippen molar-refractivity contribution in [2.75, 3.05) is 36.9 Å². The number of nitrogens with one attached hydrogen (secondary N) is 2. The van der Waals surface area contributed by atoms with Crippen molar-refractivity contribution >= 4 is 28.3 Å².